The van der Waals surface area contributed by atoms with Crippen molar-refractivity contribution in [2.45, 2.75) is 25.7 Å². The van der Waals surface area contributed by atoms with E-state index in [0.29, 0.717) is 31.5 Å². The number of rotatable bonds is 2. The maximum atomic E-state index is 12.1. The van der Waals surface area contributed by atoms with Gasteiger partial charge in [0, 0.05) is 25.9 Å². The lowest BCUT2D eigenvalue weighted by Gasteiger charge is -2.31. The number of nitrogens with zero attached hydrogens (tertiary/aromatic N) is 2. The molecule has 2 aliphatic heterocycles. The molecule has 0 aromatic rings. The van der Waals surface area contributed by atoms with Crippen molar-refractivity contribution in [1.29, 1.82) is 0 Å². The van der Waals surface area contributed by atoms with Crippen molar-refractivity contribution in [3.8, 4) is 0 Å². The molecule has 0 spiro atoms. The summed E-state index contributed by atoms with van der Waals surface area (Å²) in [6.45, 7) is 0.775. The Balaban J connectivity index is 2.00. The predicted octanol–water partition coefficient (Wildman–Crippen LogP) is -0.424. The highest BCUT2D eigenvalue weighted by molar-refractivity contribution is 6.39. The minimum Gasteiger partial charge on any atom is -0.481 e. The zero-order chi connectivity index (χ0) is 13.1. The van der Waals surface area contributed by atoms with Crippen LogP contribution in [0.3, 0.4) is 0 Å². The first-order valence-corrected chi connectivity index (χ1v) is 5.95. The fourth-order valence-corrected chi connectivity index (χ4v) is 2.17. The Hall–Kier alpha value is -1.92. The van der Waals surface area contributed by atoms with Gasteiger partial charge in [0.15, 0.2) is 0 Å². The van der Waals surface area contributed by atoms with Crippen LogP contribution in [0.4, 0.5) is 0 Å². The van der Waals surface area contributed by atoms with Gasteiger partial charge in [-0.2, -0.15) is 5.10 Å². The van der Waals surface area contributed by atoms with Gasteiger partial charge >= 0.3 is 5.97 Å². The standard InChI is InChI=1S/C11H15N3O4/c15-9-4-3-8(12-13-9)10(16)14-5-1-2-7(6-14)11(17)18/h7H,1-6H2,(H,13,15)(H,17,18)/t7-/m0/s1. The molecule has 98 valence electrons. The van der Waals surface area contributed by atoms with E-state index in [1.807, 2.05) is 0 Å². The van der Waals surface area contributed by atoms with Crippen molar-refractivity contribution in [2.24, 2.45) is 11.0 Å². The second kappa shape index (κ2) is 5.16. The molecule has 2 heterocycles. The quantitative estimate of drug-likeness (QED) is 0.697. The summed E-state index contributed by atoms with van der Waals surface area (Å²) in [4.78, 5) is 35.4. The average Bonchev–Trinajstić information content (AvgIpc) is 2.39. The van der Waals surface area contributed by atoms with Gasteiger partial charge in [-0.3, -0.25) is 14.4 Å². The molecule has 1 fully saturated rings. The fraction of sp³-hybridized carbons (Fsp3) is 0.636. The van der Waals surface area contributed by atoms with Gasteiger partial charge < -0.3 is 10.0 Å². The topological polar surface area (TPSA) is 99.1 Å². The van der Waals surface area contributed by atoms with E-state index in [1.54, 1.807) is 0 Å². The summed E-state index contributed by atoms with van der Waals surface area (Å²) in [5.41, 5.74) is 2.58. The van der Waals surface area contributed by atoms with Gasteiger partial charge in [-0.05, 0) is 12.8 Å². The third kappa shape index (κ3) is 2.66. The normalized spacial score (nSPS) is 24.2. The molecule has 1 atom stereocenters. The molecular weight excluding hydrogens is 238 g/mol. The van der Waals surface area contributed by atoms with Gasteiger partial charge in [-0.15, -0.1) is 0 Å². The molecule has 0 bridgehead atoms. The second-order valence-corrected chi connectivity index (χ2v) is 4.52. The maximum absolute atomic E-state index is 12.1. The average molecular weight is 253 g/mol. The van der Waals surface area contributed by atoms with Gasteiger partial charge in [-0.25, -0.2) is 5.43 Å². The molecule has 7 heteroatoms. The van der Waals surface area contributed by atoms with Crippen LogP contribution in [0, 0.1) is 5.92 Å². The maximum Gasteiger partial charge on any atom is 0.308 e. The summed E-state index contributed by atoms with van der Waals surface area (Å²) >= 11 is 0. The Morgan fingerprint density at radius 2 is 2.17 bits per heavy atom. The molecule has 0 unspecified atom stereocenters. The van der Waals surface area contributed by atoms with Gasteiger partial charge in [0.1, 0.15) is 5.71 Å². The first-order valence-electron chi connectivity index (χ1n) is 5.95. The number of carbonyl (C=O) groups is 3. The lowest BCUT2D eigenvalue weighted by molar-refractivity contribution is -0.144. The van der Waals surface area contributed by atoms with Crippen LogP contribution in [0.5, 0.6) is 0 Å². The van der Waals surface area contributed by atoms with Crippen LogP contribution in [-0.4, -0.2) is 46.6 Å². The van der Waals surface area contributed by atoms with E-state index in [1.165, 1.54) is 4.90 Å². The van der Waals surface area contributed by atoms with E-state index in [4.69, 9.17) is 5.11 Å². The minimum atomic E-state index is -0.869. The number of hydrogen-bond donors (Lipinski definition) is 2. The van der Waals surface area contributed by atoms with Crippen molar-refractivity contribution in [1.82, 2.24) is 10.3 Å². The highest BCUT2D eigenvalue weighted by Crippen LogP contribution is 2.17. The number of piperidine rings is 1. The van der Waals surface area contributed by atoms with E-state index in [2.05, 4.69) is 10.5 Å². The molecule has 2 rings (SSSR count). The summed E-state index contributed by atoms with van der Waals surface area (Å²) in [7, 11) is 0. The van der Waals surface area contributed by atoms with E-state index >= 15 is 0 Å². The predicted molar refractivity (Wildman–Crippen MR) is 61.8 cm³/mol. The van der Waals surface area contributed by atoms with E-state index in [0.717, 1.165) is 0 Å². The summed E-state index contributed by atoms with van der Waals surface area (Å²) in [5.74, 6) is -1.83. The number of carboxylic acids is 1. The first-order chi connectivity index (χ1) is 8.58. The number of hydrogen-bond acceptors (Lipinski definition) is 4. The van der Waals surface area contributed by atoms with E-state index in [9.17, 15) is 14.4 Å². The Labute approximate surface area is 104 Å². The first kappa shape index (κ1) is 12.5. The van der Waals surface area contributed by atoms with Crippen molar-refractivity contribution < 1.29 is 19.5 Å². The largest absolute Gasteiger partial charge is 0.481 e. The molecule has 0 radical (unpaired) electrons. The van der Waals surface area contributed by atoms with Crippen LogP contribution in [-0.2, 0) is 14.4 Å². The third-order valence-electron chi connectivity index (χ3n) is 3.21. The molecule has 0 saturated carbocycles. The number of amides is 2. The van der Waals surface area contributed by atoms with Crippen molar-refractivity contribution in [2.75, 3.05) is 13.1 Å². The number of carboxylic acid groups (broad SMARTS) is 1. The third-order valence-corrected chi connectivity index (χ3v) is 3.21. The van der Waals surface area contributed by atoms with Crippen molar-refractivity contribution in [3.05, 3.63) is 0 Å². The number of nitrogens with one attached hydrogen (secondary N) is 1. The summed E-state index contributed by atoms with van der Waals surface area (Å²) in [6.07, 6.45) is 1.85. The van der Waals surface area contributed by atoms with Crippen molar-refractivity contribution in [3.63, 3.8) is 0 Å². The van der Waals surface area contributed by atoms with Crippen LogP contribution in [0.1, 0.15) is 25.7 Å². The molecule has 2 amide bonds. The van der Waals surface area contributed by atoms with Gasteiger partial charge in [0.2, 0.25) is 5.91 Å². The Morgan fingerprint density at radius 1 is 1.39 bits per heavy atom. The Morgan fingerprint density at radius 3 is 2.78 bits per heavy atom. The molecule has 1 saturated heterocycles. The minimum absolute atomic E-state index is 0.200. The summed E-state index contributed by atoms with van der Waals surface area (Å²) in [6, 6.07) is 0. The number of likely N-dealkylation sites (tertiary alicyclic amines) is 1. The van der Waals surface area contributed by atoms with Gasteiger partial charge in [-0.1, -0.05) is 0 Å². The number of carbonyl (C=O) groups excluding carboxylic acids is 2. The Kier molecular flexibility index (Phi) is 3.59. The van der Waals surface area contributed by atoms with Crippen LogP contribution in [0.15, 0.2) is 5.10 Å². The number of aliphatic carboxylic acids is 1. The van der Waals surface area contributed by atoms with Crippen LogP contribution >= 0.6 is 0 Å². The zero-order valence-corrected chi connectivity index (χ0v) is 9.89. The molecule has 0 aromatic carbocycles. The smallest absolute Gasteiger partial charge is 0.308 e. The van der Waals surface area contributed by atoms with Crippen LogP contribution < -0.4 is 5.43 Å². The van der Waals surface area contributed by atoms with Crippen molar-refractivity contribution >= 4 is 23.5 Å². The Bertz CT molecular complexity index is 419. The van der Waals surface area contributed by atoms with E-state index in [-0.39, 0.29) is 24.8 Å². The fourth-order valence-electron chi connectivity index (χ4n) is 2.17. The molecule has 7 nitrogen and oxygen atoms in total. The summed E-state index contributed by atoms with van der Waals surface area (Å²) < 4.78 is 0. The second-order valence-electron chi connectivity index (χ2n) is 4.52. The molecule has 2 aliphatic rings. The highest BCUT2D eigenvalue weighted by atomic mass is 16.4. The zero-order valence-electron chi connectivity index (χ0n) is 9.89. The SMILES string of the molecule is O=C1CCC(C(=O)N2CCC[C@H](C(=O)O)C2)=NN1. The summed E-state index contributed by atoms with van der Waals surface area (Å²) in [5, 5.41) is 12.7. The molecule has 0 aliphatic carbocycles. The molecule has 0 aromatic heterocycles. The van der Waals surface area contributed by atoms with Gasteiger partial charge in [0.05, 0.1) is 5.92 Å². The lowest BCUT2D eigenvalue weighted by Crippen LogP contribution is -2.46. The number of hydrazone groups is 1. The molecular formula is C11H15N3O4. The monoisotopic (exact) mass is 253 g/mol. The van der Waals surface area contributed by atoms with Gasteiger partial charge in [0.25, 0.3) is 5.91 Å². The van der Waals surface area contributed by atoms with Crippen LogP contribution in [0.25, 0.3) is 0 Å². The lowest BCUT2D eigenvalue weighted by atomic mass is 9.97. The molecule has 2 N–H and O–H groups in total. The van der Waals surface area contributed by atoms with Crippen LogP contribution in [0.2, 0.25) is 0 Å². The highest BCUT2D eigenvalue weighted by Gasteiger charge is 2.31. The molecule has 18 heavy (non-hydrogen) atoms. The van der Waals surface area contributed by atoms with E-state index < -0.39 is 11.9 Å².